The van der Waals surface area contributed by atoms with E-state index in [0.29, 0.717) is 24.3 Å². The third kappa shape index (κ3) is 5.54. The van der Waals surface area contributed by atoms with E-state index >= 15 is 0 Å². The van der Waals surface area contributed by atoms with E-state index in [1.54, 1.807) is 30.2 Å². The number of nitrogens with zero attached hydrogens (tertiary/aromatic N) is 4. The highest BCUT2D eigenvalue weighted by atomic mass is 19.1. The second kappa shape index (κ2) is 9.67. The van der Waals surface area contributed by atoms with Gasteiger partial charge in [0, 0.05) is 45.3 Å². The van der Waals surface area contributed by atoms with Gasteiger partial charge in [-0.15, -0.1) is 0 Å². The molecule has 0 bridgehead atoms. The Morgan fingerprint density at radius 2 is 2.03 bits per heavy atom. The lowest BCUT2D eigenvalue weighted by molar-refractivity contribution is -0.130. The number of pyridine rings is 1. The Morgan fingerprint density at radius 3 is 2.63 bits per heavy atom. The molecule has 2 heterocycles. The fourth-order valence-corrected chi connectivity index (χ4v) is 3.67. The fraction of sp³-hybridized carbons (Fsp3) is 0.409. The summed E-state index contributed by atoms with van der Waals surface area (Å²) in [4.78, 5) is 31.4. The molecular weight excluding hydrogens is 385 g/mol. The molecule has 1 fully saturated rings. The summed E-state index contributed by atoms with van der Waals surface area (Å²) in [5.41, 5.74) is 5.66. The van der Waals surface area contributed by atoms with Crippen molar-refractivity contribution in [3.63, 3.8) is 0 Å². The van der Waals surface area contributed by atoms with Crippen molar-refractivity contribution in [2.75, 3.05) is 30.6 Å². The van der Waals surface area contributed by atoms with Crippen LogP contribution in [0.2, 0.25) is 0 Å². The Kier molecular flexibility index (Phi) is 6.99. The standard InChI is InChI=1S/C22H28FN5O2/c1-16-4-5-20(13-24-16)25-28(15-29)22-11-18(10-19(23)12-22)14-27-8-6-21(7-9-27)26(3)17(2)30/h4-5,10-13,15,21,25H,6-9,14H2,1-3H3. The number of hydrazine groups is 1. The number of carbonyl (C=O) groups excluding carboxylic acids is 2. The molecule has 0 spiro atoms. The first kappa shape index (κ1) is 21.7. The van der Waals surface area contributed by atoms with E-state index < -0.39 is 5.82 Å². The van der Waals surface area contributed by atoms with Gasteiger partial charge in [0.1, 0.15) is 5.82 Å². The first-order chi connectivity index (χ1) is 14.4. The number of nitrogens with one attached hydrogen (secondary N) is 1. The Balaban J connectivity index is 1.66. The van der Waals surface area contributed by atoms with Crippen LogP contribution in [0.3, 0.4) is 0 Å². The number of likely N-dealkylation sites (tertiary alicyclic amines) is 1. The number of rotatable bonds is 7. The SMILES string of the molecule is CC(=O)N(C)C1CCN(Cc2cc(F)cc(N(C=O)Nc3ccc(C)nc3)c2)CC1. The quantitative estimate of drug-likeness (QED) is 0.558. The molecular formula is C22H28FN5O2. The van der Waals surface area contributed by atoms with Crippen LogP contribution in [0.5, 0.6) is 0 Å². The maximum Gasteiger partial charge on any atom is 0.232 e. The van der Waals surface area contributed by atoms with E-state index in [2.05, 4.69) is 15.3 Å². The summed E-state index contributed by atoms with van der Waals surface area (Å²) in [5, 5.41) is 1.24. The van der Waals surface area contributed by atoms with Crippen molar-refractivity contribution in [1.82, 2.24) is 14.8 Å². The molecule has 2 amide bonds. The van der Waals surface area contributed by atoms with Crippen molar-refractivity contribution in [3.05, 3.63) is 53.6 Å². The van der Waals surface area contributed by atoms with E-state index in [4.69, 9.17) is 0 Å². The molecule has 160 valence electrons. The molecule has 0 unspecified atom stereocenters. The van der Waals surface area contributed by atoms with Crippen molar-refractivity contribution in [2.45, 2.75) is 39.3 Å². The summed E-state index contributed by atoms with van der Waals surface area (Å²) in [6.07, 6.45) is 4.01. The van der Waals surface area contributed by atoms with Crippen LogP contribution in [-0.4, -0.2) is 53.3 Å². The Labute approximate surface area is 176 Å². The van der Waals surface area contributed by atoms with Crippen molar-refractivity contribution in [2.24, 2.45) is 0 Å². The van der Waals surface area contributed by atoms with Gasteiger partial charge >= 0.3 is 0 Å². The zero-order valence-corrected chi connectivity index (χ0v) is 17.6. The number of aryl methyl sites for hydroxylation is 1. The molecule has 1 aromatic heterocycles. The number of hydrogen-bond acceptors (Lipinski definition) is 5. The van der Waals surface area contributed by atoms with Gasteiger partial charge in [0.25, 0.3) is 0 Å². The predicted octanol–water partition coefficient (Wildman–Crippen LogP) is 2.96. The molecule has 7 nitrogen and oxygen atoms in total. The van der Waals surface area contributed by atoms with Gasteiger partial charge in [-0.05, 0) is 55.7 Å². The minimum Gasteiger partial charge on any atom is -0.343 e. The summed E-state index contributed by atoms with van der Waals surface area (Å²) < 4.78 is 14.3. The molecule has 8 heteroatoms. The van der Waals surface area contributed by atoms with Crippen LogP contribution >= 0.6 is 0 Å². The zero-order valence-electron chi connectivity index (χ0n) is 17.6. The van der Waals surface area contributed by atoms with Crippen molar-refractivity contribution in [3.8, 4) is 0 Å². The average molecular weight is 413 g/mol. The molecule has 3 rings (SSSR count). The normalized spacial score (nSPS) is 14.9. The van der Waals surface area contributed by atoms with Gasteiger partial charge in [-0.2, -0.15) is 0 Å². The lowest BCUT2D eigenvalue weighted by Gasteiger charge is -2.36. The maximum absolute atomic E-state index is 14.3. The zero-order chi connectivity index (χ0) is 21.7. The fourth-order valence-electron chi connectivity index (χ4n) is 3.67. The lowest BCUT2D eigenvalue weighted by Crippen LogP contribution is -2.44. The van der Waals surface area contributed by atoms with E-state index in [9.17, 15) is 14.0 Å². The molecule has 1 aliphatic heterocycles. The second-order valence-corrected chi connectivity index (χ2v) is 7.73. The average Bonchev–Trinajstić information content (AvgIpc) is 2.73. The van der Waals surface area contributed by atoms with Crippen molar-refractivity contribution in [1.29, 1.82) is 0 Å². The number of benzene rings is 1. The van der Waals surface area contributed by atoms with Gasteiger partial charge in [-0.3, -0.25) is 24.9 Å². The predicted molar refractivity (Wildman–Crippen MR) is 114 cm³/mol. The molecule has 1 aliphatic rings. The van der Waals surface area contributed by atoms with Crippen LogP contribution in [0.25, 0.3) is 0 Å². The number of hydrogen-bond donors (Lipinski definition) is 1. The molecule has 1 saturated heterocycles. The minimum absolute atomic E-state index is 0.0773. The molecule has 2 aromatic rings. The first-order valence-electron chi connectivity index (χ1n) is 10.0. The Bertz CT molecular complexity index is 882. The van der Waals surface area contributed by atoms with Crippen LogP contribution in [-0.2, 0) is 16.1 Å². The third-order valence-electron chi connectivity index (χ3n) is 5.49. The molecule has 30 heavy (non-hydrogen) atoms. The van der Waals surface area contributed by atoms with Crippen molar-refractivity contribution >= 4 is 23.7 Å². The largest absolute Gasteiger partial charge is 0.343 e. The highest BCUT2D eigenvalue weighted by Crippen LogP contribution is 2.22. The lowest BCUT2D eigenvalue weighted by atomic mass is 10.0. The van der Waals surface area contributed by atoms with E-state index in [1.807, 2.05) is 20.0 Å². The van der Waals surface area contributed by atoms with Gasteiger partial charge in [-0.25, -0.2) is 9.40 Å². The van der Waals surface area contributed by atoms with Crippen LogP contribution in [0.15, 0.2) is 36.5 Å². The highest BCUT2D eigenvalue weighted by molar-refractivity contribution is 5.78. The summed E-state index contributed by atoms with van der Waals surface area (Å²) in [7, 11) is 1.84. The van der Waals surface area contributed by atoms with E-state index in [-0.39, 0.29) is 11.9 Å². The van der Waals surface area contributed by atoms with Gasteiger partial charge in [-0.1, -0.05) is 0 Å². The van der Waals surface area contributed by atoms with Crippen molar-refractivity contribution < 1.29 is 14.0 Å². The molecule has 0 saturated carbocycles. The number of anilines is 2. The number of carbonyl (C=O) groups is 2. The number of amides is 2. The number of halogens is 1. The summed E-state index contributed by atoms with van der Waals surface area (Å²) >= 11 is 0. The maximum atomic E-state index is 14.3. The van der Waals surface area contributed by atoms with Gasteiger partial charge in [0.05, 0.1) is 17.6 Å². The van der Waals surface area contributed by atoms with Gasteiger partial charge in [0.15, 0.2) is 0 Å². The number of aromatic nitrogens is 1. The Hall–Kier alpha value is -3.00. The molecule has 0 atom stereocenters. The van der Waals surface area contributed by atoms with E-state index in [0.717, 1.165) is 37.2 Å². The van der Waals surface area contributed by atoms with Crippen LogP contribution in [0, 0.1) is 12.7 Å². The van der Waals surface area contributed by atoms with Crippen LogP contribution < -0.4 is 10.4 Å². The highest BCUT2D eigenvalue weighted by Gasteiger charge is 2.24. The topological polar surface area (TPSA) is 68.8 Å². The second-order valence-electron chi connectivity index (χ2n) is 7.73. The smallest absolute Gasteiger partial charge is 0.232 e. The van der Waals surface area contributed by atoms with Gasteiger partial charge in [0.2, 0.25) is 12.3 Å². The first-order valence-corrected chi connectivity index (χ1v) is 10.0. The molecule has 1 N–H and O–H groups in total. The number of piperidine rings is 1. The minimum atomic E-state index is -0.399. The summed E-state index contributed by atoms with van der Waals surface area (Å²) in [6, 6.07) is 8.50. The van der Waals surface area contributed by atoms with Crippen LogP contribution in [0.1, 0.15) is 31.0 Å². The summed E-state index contributed by atoms with van der Waals surface area (Å²) in [5.74, 6) is -0.321. The molecule has 0 radical (unpaired) electrons. The van der Waals surface area contributed by atoms with Crippen LogP contribution in [0.4, 0.5) is 15.8 Å². The summed E-state index contributed by atoms with van der Waals surface area (Å²) in [6.45, 7) is 5.71. The monoisotopic (exact) mass is 413 g/mol. The molecule has 0 aliphatic carbocycles. The molecule has 1 aromatic carbocycles. The Morgan fingerprint density at radius 1 is 1.30 bits per heavy atom. The third-order valence-corrected chi connectivity index (χ3v) is 5.49. The van der Waals surface area contributed by atoms with Gasteiger partial charge < -0.3 is 4.90 Å². The van der Waals surface area contributed by atoms with E-state index in [1.165, 1.54) is 17.1 Å².